The molecule has 0 aliphatic heterocycles. The number of aromatic nitrogens is 1. The third-order valence-electron chi connectivity index (χ3n) is 3.04. The fourth-order valence-electron chi connectivity index (χ4n) is 1.92. The van der Waals surface area contributed by atoms with Gasteiger partial charge in [-0.2, -0.15) is 0 Å². The largest absolute Gasteiger partial charge is 0.308 e. The van der Waals surface area contributed by atoms with Crippen LogP contribution < -0.4 is 5.32 Å². The number of halogens is 1. The molecule has 0 saturated heterocycles. The zero-order valence-electron chi connectivity index (χ0n) is 11.0. The number of benzene rings is 1. The van der Waals surface area contributed by atoms with E-state index >= 15 is 0 Å². The van der Waals surface area contributed by atoms with Crippen LogP contribution in [-0.2, 0) is 13.1 Å². The lowest BCUT2D eigenvalue weighted by atomic mass is 10.1. The first-order valence-corrected chi connectivity index (χ1v) is 6.49. The van der Waals surface area contributed by atoms with Gasteiger partial charge in [0, 0.05) is 31.5 Å². The van der Waals surface area contributed by atoms with Gasteiger partial charge in [-0.25, -0.2) is 0 Å². The summed E-state index contributed by atoms with van der Waals surface area (Å²) in [7, 11) is 0. The Kier molecular flexibility index (Phi) is 4.65. The van der Waals surface area contributed by atoms with Crippen LogP contribution in [0.2, 0.25) is 5.02 Å². The van der Waals surface area contributed by atoms with Gasteiger partial charge in [0.05, 0.1) is 15.5 Å². The molecule has 104 valence electrons. The second-order valence-electron chi connectivity index (χ2n) is 4.40. The van der Waals surface area contributed by atoms with Crippen molar-refractivity contribution in [1.29, 1.82) is 0 Å². The zero-order valence-corrected chi connectivity index (χ0v) is 11.7. The van der Waals surface area contributed by atoms with Crippen molar-refractivity contribution in [3.8, 4) is 0 Å². The van der Waals surface area contributed by atoms with Crippen molar-refractivity contribution in [2.24, 2.45) is 0 Å². The smallest absolute Gasteiger partial charge is 0.275 e. The highest BCUT2D eigenvalue weighted by Gasteiger charge is 2.15. The van der Waals surface area contributed by atoms with E-state index in [1.165, 1.54) is 6.07 Å². The predicted molar refractivity (Wildman–Crippen MR) is 77.6 cm³/mol. The van der Waals surface area contributed by atoms with Gasteiger partial charge >= 0.3 is 0 Å². The van der Waals surface area contributed by atoms with E-state index in [9.17, 15) is 10.1 Å². The van der Waals surface area contributed by atoms with Gasteiger partial charge in [0.2, 0.25) is 0 Å². The molecule has 2 rings (SSSR count). The van der Waals surface area contributed by atoms with Crippen molar-refractivity contribution in [3.05, 3.63) is 68.5 Å². The summed E-state index contributed by atoms with van der Waals surface area (Å²) in [4.78, 5) is 14.6. The van der Waals surface area contributed by atoms with Crippen molar-refractivity contribution in [3.63, 3.8) is 0 Å². The Labute approximate surface area is 121 Å². The maximum absolute atomic E-state index is 11.0. The number of hydrogen-bond acceptors (Lipinski definition) is 4. The van der Waals surface area contributed by atoms with Gasteiger partial charge in [0.15, 0.2) is 0 Å². The number of aryl methyl sites for hydroxylation is 1. The minimum absolute atomic E-state index is 0.0384. The van der Waals surface area contributed by atoms with E-state index in [1.807, 2.05) is 13.0 Å². The van der Waals surface area contributed by atoms with Crippen LogP contribution in [0.3, 0.4) is 0 Å². The first-order chi connectivity index (χ1) is 9.59. The van der Waals surface area contributed by atoms with Crippen molar-refractivity contribution in [2.45, 2.75) is 20.0 Å². The molecule has 0 unspecified atom stereocenters. The van der Waals surface area contributed by atoms with E-state index < -0.39 is 4.92 Å². The van der Waals surface area contributed by atoms with Gasteiger partial charge in [-0.15, -0.1) is 0 Å². The fourth-order valence-corrected chi connectivity index (χ4v) is 2.15. The van der Waals surface area contributed by atoms with Gasteiger partial charge in [0.25, 0.3) is 5.69 Å². The Bertz CT molecular complexity index is 632. The summed E-state index contributed by atoms with van der Waals surface area (Å²) in [6.45, 7) is 2.93. The maximum atomic E-state index is 11.0. The van der Waals surface area contributed by atoms with Crippen molar-refractivity contribution in [2.75, 3.05) is 0 Å². The Morgan fingerprint density at radius 1 is 1.35 bits per heavy atom. The first-order valence-electron chi connectivity index (χ1n) is 6.11. The number of nitrogens with one attached hydrogen (secondary N) is 1. The molecular weight excluding hydrogens is 278 g/mol. The van der Waals surface area contributed by atoms with Crippen LogP contribution in [0, 0.1) is 17.0 Å². The molecule has 20 heavy (non-hydrogen) atoms. The molecule has 0 aliphatic carbocycles. The zero-order chi connectivity index (χ0) is 14.5. The van der Waals surface area contributed by atoms with Gasteiger partial charge in [-0.3, -0.25) is 15.1 Å². The lowest BCUT2D eigenvalue weighted by molar-refractivity contribution is -0.385. The minimum atomic E-state index is -0.416. The summed E-state index contributed by atoms with van der Waals surface area (Å²) < 4.78 is 0. The second-order valence-corrected chi connectivity index (χ2v) is 4.81. The number of nitrogens with zero attached hydrogens (tertiary/aromatic N) is 2. The van der Waals surface area contributed by atoms with Gasteiger partial charge in [-0.1, -0.05) is 17.7 Å². The molecular formula is C14H14ClN3O2. The molecule has 1 N–H and O–H groups in total. The van der Waals surface area contributed by atoms with E-state index in [0.717, 1.165) is 11.1 Å². The third-order valence-corrected chi connectivity index (χ3v) is 3.40. The second kappa shape index (κ2) is 6.45. The molecule has 1 heterocycles. The number of pyridine rings is 1. The fraction of sp³-hybridized carbons (Fsp3) is 0.214. The molecule has 0 radical (unpaired) electrons. The minimum Gasteiger partial charge on any atom is -0.308 e. The molecule has 0 aliphatic rings. The maximum Gasteiger partial charge on any atom is 0.275 e. The molecule has 0 saturated carbocycles. The van der Waals surface area contributed by atoms with Crippen LogP contribution in [0.15, 0.2) is 36.7 Å². The van der Waals surface area contributed by atoms with Gasteiger partial charge in [-0.05, 0) is 30.2 Å². The number of nitro groups is 1. The first kappa shape index (κ1) is 14.4. The van der Waals surface area contributed by atoms with Crippen LogP contribution in [0.1, 0.15) is 16.7 Å². The summed E-state index contributed by atoms with van der Waals surface area (Å²) >= 11 is 6.03. The average molecular weight is 292 g/mol. The van der Waals surface area contributed by atoms with Gasteiger partial charge in [0.1, 0.15) is 0 Å². The lowest BCUT2D eigenvalue weighted by Crippen LogP contribution is -2.15. The highest BCUT2D eigenvalue weighted by atomic mass is 35.5. The molecule has 0 fully saturated rings. The molecule has 0 bridgehead atoms. The van der Waals surface area contributed by atoms with Crippen molar-refractivity contribution >= 4 is 17.3 Å². The SMILES string of the molecule is Cc1cnccc1CNCc1c(Cl)cccc1[N+](=O)[O-]. The van der Waals surface area contributed by atoms with E-state index in [1.54, 1.807) is 24.5 Å². The Morgan fingerprint density at radius 3 is 2.85 bits per heavy atom. The number of hydrogen-bond donors (Lipinski definition) is 1. The molecule has 0 atom stereocenters. The number of rotatable bonds is 5. The quantitative estimate of drug-likeness (QED) is 0.678. The predicted octanol–water partition coefficient (Wildman–Crippen LogP) is 3.24. The Morgan fingerprint density at radius 2 is 2.15 bits per heavy atom. The molecule has 6 heteroatoms. The molecule has 0 amide bonds. The van der Waals surface area contributed by atoms with Crippen LogP contribution >= 0.6 is 11.6 Å². The van der Waals surface area contributed by atoms with Gasteiger partial charge < -0.3 is 5.32 Å². The molecule has 5 nitrogen and oxygen atoms in total. The van der Waals surface area contributed by atoms with Crippen LogP contribution in [0.4, 0.5) is 5.69 Å². The average Bonchev–Trinajstić information content (AvgIpc) is 2.42. The highest BCUT2D eigenvalue weighted by Crippen LogP contribution is 2.26. The normalized spacial score (nSPS) is 10.5. The summed E-state index contributed by atoms with van der Waals surface area (Å²) in [5.41, 5.74) is 2.73. The number of nitro benzene ring substituents is 1. The van der Waals surface area contributed by atoms with Crippen LogP contribution in [0.25, 0.3) is 0 Å². The Hall–Kier alpha value is -1.98. The molecule has 1 aromatic carbocycles. The van der Waals surface area contributed by atoms with Crippen LogP contribution in [-0.4, -0.2) is 9.91 Å². The summed E-state index contributed by atoms with van der Waals surface area (Å²) in [6, 6.07) is 6.62. The van der Waals surface area contributed by atoms with E-state index in [2.05, 4.69) is 10.3 Å². The van der Waals surface area contributed by atoms with Crippen LogP contribution in [0.5, 0.6) is 0 Å². The van der Waals surface area contributed by atoms with Crippen molar-refractivity contribution < 1.29 is 4.92 Å². The lowest BCUT2D eigenvalue weighted by Gasteiger charge is -2.09. The Balaban J connectivity index is 2.08. The van der Waals surface area contributed by atoms with E-state index in [-0.39, 0.29) is 5.69 Å². The highest BCUT2D eigenvalue weighted by molar-refractivity contribution is 6.31. The monoisotopic (exact) mass is 291 g/mol. The van der Waals surface area contributed by atoms with E-state index in [4.69, 9.17) is 11.6 Å². The van der Waals surface area contributed by atoms with E-state index in [0.29, 0.717) is 23.7 Å². The summed E-state index contributed by atoms with van der Waals surface area (Å²) in [5, 5.41) is 14.6. The van der Waals surface area contributed by atoms with Crippen molar-refractivity contribution in [1.82, 2.24) is 10.3 Å². The summed E-state index contributed by atoms with van der Waals surface area (Å²) in [6.07, 6.45) is 3.51. The summed E-state index contributed by atoms with van der Waals surface area (Å²) in [5.74, 6) is 0. The third kappa shape index (κ3) is 3.31. The standard InChI is InChI=1S/C14H14ClN3O2/c1-10-7-16-6-5-11(10)8-17-9-12-13(15)3-2-4-14(12)18(19)20/h2-7,17H,8-9H2,1H3. The topological polar surface area (TPSA) is 68.1 Å². The molecule has 1 aromatic heterocycles. The molecule has 0 spiro atoms. The molecule has 2 aromatic rings.